The van der Waals surface area contributed by atoms with Crippen LogP contribution in [0.1, 0.15) is 21.8 Å². The Balaban J connectivity index is 1.51. The number of halogens is 7. The maximum atomic E-state index is 13.4. The smallest absolute Gasteiger partial charge is 0.257 e. The normalized spacial score (nSPS) is 18.3. The molecule has 3 aromatic rings. The molecule has 2 amide bonds. The SMILES string of the molecule is O=C(Nc1ccc(F)c(F)c1)c1cc(NC(=O)C2C(c3cc(Cl)cc(Cl)c3)C2(Cl)Cl)ccc1Cl. The summed E-state index contributed by atoms with van der Waals surface area (Å²) in [5.74, 6) is -4.69. The zero-order chi connectivity index (χ0) is 24.8. The fourth-order valence-electron chi connectivity index (χ4n) is 3.59. The first-order valence-electron chi connectivity index (χ1n) is 9.68. The van der Waals surface area contributed by atoms with E-state index in [1.807, 2.05) is 0 Å². The van der Waals surface area contributed by atoms with Crippen LogP contribution in [-0.2, 0) is 4.79 Å². The number of benzene rings is 3. The van der Waals surface area contributed by atoms with Gasteiger partial charge in [-0.3, -0.25) is 9.59 Å². The Kier molecular flexibility index (Phi) is 7.00. The third-order valence-electron chi connectivity index (χ3n) is 5.24. The maximum absolute atomic E-state index is 13.4. The summed E-state index contributed by atoms with van der Waals surface area (Å²) in [4.78, 5) is 25.5. The second-order valence-corrected chi connectivity index (χ2v) is 10.3. The van der Waals surface area contributed by atoms with Crippen molar-refractivity contribution in [2.45, 2.75) is 10.3 Å². The Labute approximate surface area is 218 Å². The van der Waals surface area contributed by atoms with Crippen molar-refractivity contribution in [3.05, 3.63) is 92.4 Å². The van der Waals surface area contributed by atoms with Crippen LogP contribution in [0, 0.1) is 17.6 Å². The van der Waals surface area contributed by atoms with Crippen molar-refractivity contribution in [1.82, 2.24) is 0 Å². The molecular formula is C23H13Cl5F2N2O2. The minimum atomic E-state index is -1.38. The molecule has 3 aromatic carbocycles. The molecule has 0 heterocycles. The highest BCUT2D eigenvalue weighted by molar-refractivity contribution is 6.53. The van der Waals surface area contributed by atoms with Gasteiger partial charge < -0.3 is 10.6 Å². The highest BCUT2D eigenvalue weighted by Crippen LogP contribution is 2.65. The van der Waals surface area contributed by atoms with Crippen molar-refractivity contribution in [3.63, 3.8) is 0 Å². The molecule has 2 unspecified atom stereocenters. The minimum Gasteiger partial charge on any atom is -0.326 e. The van der Waals surface area contributed by atoms with E-state index in [4.69, 9.17) is 58.0 Å². The molecule has 2 N–H and O–H groups in total. The second kappa shape index (κ2) is 9.51. The van der Waals surface area contributed by atoms with E-state index in [1.165, 1.54) is 24.3 Å². The maximum Gasteiger partial charge on any atom is 0.257 e. The van der Waals surface area contributed by atoms with Crippen LogP contribution >= 0.6 is 58.0 Å². The average Bonchev–Trinajstić information content (AvgIpc) is 3.33. The monoisotopic (exact) mass is 562 g/mol. The summed E-state index contributed by atoms with van der Waals surface area (Å²) >= 11 is 31.0. The fourth-order valence-corrected chi connectivity index (χ4v) is 5.17. The Morgan fingerprint density at radius 3 is 2.06 bits per heavy atom. The van der Waals surface area contributed by atoms with E-state index in [2.05, 4.69) is 10.6 Å². The van der Waals surface area contributed by atoms with Gasteiger partial charge in [-0.05, 0) is 54.1 Å². The topological polar surface area (TPSA) is 58.2 Å². The lowest BCUT2D eigenvalue weighted by Crippen LogP contribution is -2.18. The van der Waals surface area contributed by atoms with Crippen LogP contribution in [0.5, 0.6) is 0 Å². The lowest BCUT2D eigenvalue weighted by Gasteiger charge is -2.10. The molecule has 1 saturated carbocycles. The van der Waals surface area contributed by atoms with Crippen LogP contribution in [0.3, 0.4) is 0 Å². The van der Waals surface area contributed by atoms with Gasteiger partial charge in [-0.25, -0.2) is 8.78 Å². The highest BCUT2D eigenvalue weighted by atomic mass is 35.5. The first-order chi connectivity index (χ1) is 16.0. The number of anilines is 2. The molecule has 1 aliphatic carbocycles. The van der Waals surface area contributed by atoms with Crippen molar-refractivity contribution in [1.29, 1.82) is 0 Å². The molecule has 0 aromatic heterocycles. The minimum absolute atomic E-state index is 0.00109. The fraction of sp³-hybridized carbons (Fsp3) is 0.130. The summed E-state index contributed by atoms with van der Waals surface area (Å²) in [6.07, 6.45) is 0. The number of carbonyl (C=O) groups excluding carboxylic acids is 2. The molecule has 11 heteroatoms. The number of hydrogen-bond acceptors (Lipinski definition) is 2. The van der Waals surface area contributed by atoms with E-state index in [1.54, 1.807) is 18.2 Å². The van der Waals surface area contributed by atoms with Gasteiger partial charge in [0.1, 0.15) is 4.33 Å². The molecule has 4 nitrogen and oxygen atoms in total. The summed E-state index contributed by atoms with van der Waals surface area (Å²) in [6, 6.07) is 12.0. The predicted octanol–water partition coefficient (Wildman–Crippen LogP) is 7.70. The van der Waals surface area contributed by atoms with Crippen molar-refractivity contribution in [2.24, 2.45) is 5.92 Å². The molecule has 4 rings (SSSR count). The number of nitrogens with one attached hydrogen (secondary N) is 2. The van der Waals surface area contributed by atoms with Crippen molar-refractivity contribution < 1.29 is 18.4 Å². The molecule has 0 bridgehead atoms. The van der Waals surface area contributed by atoms with Crippen LogP contribution in [-0.4, -0.2) is 16.1 Å². The number of hydrogen-bond donors (Lipinski definition) is 2. The number of amides is 2. The van der Waals surface area contributed by atoms with Gasteiger partial charge in [-0.2, -0.15) is 0 Å². The Morgan fingerprint density at radius 2 is 1.41 bits per heavy atom. The van der Waals surface area contributed by atoms with Gasteiger partial charge in [-0.1, -0.05) is 34.8 Å². The molecule has 1 aliphatic rings. The molecule has 0 spiro atoms. The van der Waals surface area contributed by atoms with E-state index < -0.39 is 39.6 Å². The standard InChI is InChI=1S/C23H13Cl5F2N2O2/c24-11-5-10(6-12(25)7-11)19-20(23(19,27)28)22(34)32-13-1-3-16(26)15(8-13)21(33)31-14-2-4-17(29)18(30)9-14/h1-9,19-20H,(H,31,33)(H,32,34). The van der Waals surface area contributed by atoms with Crippen molar-refractivity contribution in [3.8, 4) is 0 Å². The van der Waals surface area contributed by atoms with Gasteiger partial charge in [0.25, 0.3) is 5.91 Å². The summed E-state index contributed by atoms with van der Waals surface area (Å²) in [5.41, 5.74) is 0.903. The highest BCUT2D eigenvalue weighted by Gasteiger charge is 2.67. The molecule has 0 saturated heterocycles. The molecule has 1 fully saturated rings. The second-order valence-electron chi connectivity index (χ2n) is 7.60. The zero-order valence-corrected chi connectivity index (χ0v) is 20.6. The molecule has 0 radical (unpaired) electrons. The number of alkyl halides is 2. The van der Waals surface area contributed by atoms with E-state index in [0.717, 1.165) is 12.1 Å². The van der Waals surface area contributed by atoms with Gasteiger partial charge in [0.2, 0.25) is 5.91 Å². The first-order valence-corrected chi connectivity index (χ1v) is 11.6. The van der Waals surface area contributed by atoms with Crippen LogP contribution in [0.25, 0.3) is 0 Å². The van der Waals surface area contributed by atoms with Gasteiger partial charge in [0.05, 0.1) is 16.5 Å². The first kappa shape index (κ1) is 25.0. The van der Waals surface area contributed by atoms with Gasteiger partial charge >= 0.3 is 0 Å². The van der Waals surface area contributed by atoms with Crippen LogP contribution in [0.15, 0.2) is 54.6 Å². The van der Waals surface area contributed by atoms with Crippen LogP contribution < -0.4 is 10.6 Å². The number of rotatable bonds is 5. The molecule has 2 atom stereocenters. The quantitative estimate of drug-likeness (QED) is 0.312. The summed E-state index contributed by atoms with van der Waals surface area (Å²) in [6.45, 7) is 0. The van der Waals surface area contributed by atoms with Crippen LogP contribution in [0.4, 0.5) is 20.2 Å². The van der Waals surface area contributed by atoms with Crippen LogP contribution in [0.2, 0.25) is 15.1 Å². The van der Waals surface area contributed by atoms with E-state index in [0.29, 0.717) is 15.6 Å². The summed E-state index contributed by atoms with van der Waals surface area (Å²) in [5, 5.41) is 5.94. The Morgan fingerprint density at radius 1 is 0.794 bits per heavy atom. The predicted molar refractivity (Wildman–Crippen MR) is 132 cm³/mol. The Bertz CT molecular complexity index is 1300. The third kappa shape index (κ3) is 5.11. The third-order valence-corrected chi connectivity index (χ3v) is 6.94. The summed E-state index contributed by atoms with van der Waals surface area (Å²) in [7, 11) is 0. The van der Waals surface area contributed by atoms with Crippen molar-refractivity contribution in [2.75, 3.05) is 10.6 Å². The summed E-state index contributed by atoms with van der Waals surface area (Å²) < 4.78 is 25.2. The van der Waals surface area contributed by atoms with E-state index in [-0.39, 0.29) is 22.0 Å². The van der Waals surface area contributed by atoms with Crippen molar-refractivity contribution >= 4 is 81.2 Å². The van der Waals surface area contributed by atoms with Gasteiger partial charge in [0, 0.05) is 33.4 Å². The molecule has 0 aliphatic heterocycles. The van der Waals surface area contributed by atoms with E-state index >= 15 is 0 Å². The largest absolute Gasteiger partial charge is 0.326 e. The molecular weight excluding hydrogens is 552 g/mol. The zero-order valence-electron chi connectivity index (χ0n) is 16.8. The van der Waals surface area contributed by atoms with E-state index in [9.17, 15) is 18.4 Å². The number of carbonyl (C=O) groups is 2. The Hall–Kier alpha value is -2.09. The van der Waals surface area contributed by atoms with Gasteiger partial charge in [-0.15, -0.1) is 23.2 Å². The molecule has 34 heavy (non-hydrogen) atoms. The van der Waals surface area contributed by atoms with Gasteiger partial charge in [0.15, 0.2) is 11.6 Å². The lowest BCUT2D eigenvalue weighted by atomic mass is 10.1. The average molecular weight is 565 g/mol. The lowest BCUT2D eigenvalue weighted by molar-refractivity contribution is -0.117. The molecule has 176 valence electrons.